The molecule has 0 radical (unpaired) electrons. The summed E-state index contributed by atoms with van der Waals surface area (Å²) in [7, 11) is 0. The zero-order valence-electron chi connectivity index (χ0n) is 13.0. The summed E-state index contributed by atoms with van der Waals surface area (Å²) in [5.74, 6) is 1.81. The van der Waals surface area contributed by atoms with Gasteiger partial charge in [-0.3, -0.25) is 4.79 Å². The third-order valence-electron chi connectivity index (χ3n) is 4.92. The van der Waals surface area contributed by atoms with Crippen molar-refractivity contribution in [2.45, 2.75) is 83.1 Å². The predicted octanol–water partition coefficient (Wildman–Crippen LogP) is 4.09. The van der Waals surface area contributed by atoms with Crippen LogP contribution < -0.4 is 5.32 Å². The van der Waals surface area contributed by atoms with Crippen LogP contribution in [0.2, 0.25) is 0 Å². The van der Waals surface area contributed by atoms with Gasteiger partial charge in [0.2, 0.25) is 0 Å². The number of nitrogens with one attached hydrogen (secondary N) is 1. The Morgan fingerprint density at radius 1 is 1.05 bits per heavy atom. The van der Waals surface area contributed by atoms with Crippen LogP contribution in [0.1, 0.15) is 92.3 Å². The topological polar surface area (TPSA) is 55.1 Å². The molecule has 4 nitrogen and oxygen atoms in total. The van der Waals surface area contributed by atoms with Crippen molar-refractivity contribution in [1.29, 1.82) is 0 Å². The first kappa shape index (κ1) is 14.6. The Balaban J connectivity index is 1.66. The lowest BCUT2D eigenvalue weighted by atomic mass is 9.89. The molecule has 21 heavy (non-hydrogen) atoms. The number of rotatable bonds is 3. The van der Waals surface area contributed by atoms with Gasteiger partial charge in [0.05, 0.1) is 0 Å². The second kappa shape index (κ2) is 6.63. The summed E-state index contributed by atoms with van der Waals surface area (Å²) < 4.78 is 5.79. The number of hydrogen-bond donors (Lipinski definition) is 1. The maximum Gasteiger partial charge on any atom is 0.273 e. The number of amides is 1. The van der Waals surface area contributed by atoms with Crippen LogP contribution in [-0.4, -0.2) is 16.9 Å². The molecule has 1 aromatic rings. The van der Waals surface area contributed by atoms with Crippen molar-refractivity contribution in [2.24, 2.45) is 0 Å². The monoisotopic (exact) mass is 290 g/mol. The van der Waals surface area contributed by atoms with E-state index in [-0.39, 0.29) is 5.91 Å². The van der Waals surface area contributed by atoms with Crippen molar-refractivity contribution in [1.82, 2.24) is 10.3 Å². The van der Waals surface area contributed by atoms with Gasteiger partial charge in [-0.1, -0.05) is 38.5 Å². The predicted molar refractivity (Wildman–Crippen MR) is 81.4 cm³/mol. The van der Waals surface area contributed by atoms with E-state index >= 15 is 0 Å². The smallest absolute Gasteiger partial charge is 0.273 e. The van der Waals surface area contributed by atoms with Crippen molar-refractivity contribution < 1.29 is 9.21 Å². The summed E-state index contributed by atoms with van der Waals surface area (Å²) in [5, 5.41) is 3.13. The molecule has 116 valence electrons. The maximum atomic E-state index is 12.4. The Labute approximate surface area is 126 Å². The lowest BCUT2D eigenvalue weighted by molar-refractivity contribution is 0.0921. The van der Waals surface area contributed by atoms with Gasteiger partial charge in [-0.15, -0.1) is 0 Å². The molecule has 2 aliphatic rings. The lowest BCUT2D eigenvalue weighted by Gasteiger charge is -2.22. The third kappa shape index (κ3) is 3.47. The van der Waals surface area contributed by atoms with Crippen LogP contribution in [-0.2, 0) is 0 Å². The molecule has 1 heterocycles. The quantitative estimate of drug-likeness (QED) is 0.912. The van der Waals surface area contributed by atoms with Gasteiger partial charge in [0.1, 0.15) is 5.76 Å². The van der Waals surface area contributed by atoms with Crippen LogP contribution in [0.15, 0.2) is 4.42 Å². The number of aromatic nitrogens is 1. The van der Waals surface area contributed by atoms with Crippen molar-refractivity contribution in [3.63, 3.8) is 0 Å². The van der Waals surface area contributed by atoms with Crippen molar-refractivity contribution >= 4 is 5.91 Å². The molecule has 3 rings (SSSR count). The minimum absolute atomic E-state index is 0.0507. The molecule has 2 aliphatic carbocycles. The minimum atomic E-state index is -0.0507. The molecule has 0 atom stereocenters. The van der Waals surface area contributed by atoms with Crippen molar-refractivity contribution in [2.75, 3.05) is 0 Å². The molecule has 2 saturated carbocycles. The minimum Gasteiger partial charge on any atom is -0.445 e. The van der Waals surface area contributed by atoms with Gasteiger partial charge in [0.15, 0.2) is 11.6 Å². The molecule has 0 unspecified atom stereocenters. The van der Waals surface area contributed by atoms with Gasteiger partial charge in [0, 0.05) is 12.0 Å². The Hall–Kier alpha value is -1.32. The van der Waals surface area contributed by atoms with E-state index in [0.717, 1.165) is 31.6 Å². The summed E-state index contributed by atoms with van der Waals surface area (Å²) in [5.41, 5.74) is 0.501. The van der Waals surface area contributed by atoms with Gasteiger partial charge >= 0.3 is 0 Å². The molecule has 0 bridgehead atoms. The molecule has 4 heteroatoms. The van der Waals surface area contributed by atoms with Gasteiger partial charge < -0.3 is 9.73 Å². The number of hydrogen-bond acceptors (Lipinski definition) is 3. The Bertz CT molecular complexity index is 483. The summed E-state index contributed by atoms with van der Waals surface area (Å²) in [6.45, 7) is 1.86. The standard InChI is InChI=1S/C17H26N2O2/c1-12-15(16(20)18-14-10-6-3-7-11-14)19-17(21-12)13-8-4-2-5-9-13/h13-14H,2-11H2,1H3,(H,18,20). The average molecular weight is 290 g/mol. The fourth-order valence-electron chi connectivity index (χ4n) is 3.65. The van der Waals surface area contributed by atoms with Crippen LogP contribution in [0.25, 0.3) is 0 Å². The average Bonchev–Trinajstić information content (AvgIpc) is 2.91. The zero-order valence-corrected chi connectivity index (χ0v) is 13.0. The highest BCUT2D eigenvalue weighted by molar-refractivity contribution is 5.93. The summed E-state index contributed by atoms with van der Waals surface area (Å²) in [6, 6.07) is 0.320. The second-order valence-electron chi connectivity index (χ2n) is 6.60. The van der Waals surface area contributed by atoms with E-state index in [4.69, 9.17) is 4.42 Å². The molecule has 0 aromatic carbocycles. The van der Waals surface area contributed by atoms with Gasteiger partial charge in [-0.05, 0) is 32.6 Å². The molecule has 1 aromatic heterocycles. The van der Waals surface area contributed by atoms with Crippen LogP contribution in [0.4, 0.5) is 0 Å². The Morgan fingerprint density at radius 2 is 1.67 bits per heavy atom. The fourth-order valence-corrected chi connectivity index (χ4v) is 3.65. The molecular formula is C17H26N2O2. The molecular weight excluding hydrogens is 264 g/mol. The maximum absolute atomic E-state index is 12.4. The van der Waals surface area contributed by atoms with Gasteiger partial charge in [-0.2, -0.15) is 0 Å². The van der Waals surface area contributed by atoms with E-state index in [9.17, 15) is 4.79 Å². The molecule has 0 spiro atoms. The zero-order chi connectivity index (χ0) is 14.7. The van der Waals surface area contributed by atoms with E-state index in [2.05, 4.69) is 10.3 Å². The second-order valence-corrected chi connectivity index (χ2v) is 6.60. The van der Waals surface area contributed by atoms with Crippen LogP contribution in [0, 0.1) is 6.92 Å². The van der Waals surface area contributed by atoms with E-state index < -0.39 is 0 Å². The number of aryl methyl sites for hydroxylation is 1. The van der Waals surface area contributed by atoms with Gasteiger partial charge in [-0.25, -0.2) is 4.98 Å². The molecule has 1 N–H and O–H groups in total. The molecule has 2 fully saturated rings. The number of carbonyl (C=O) groups is 1. The van der Waals surface area contributed by atoms with Crippen LogP contribution in [0.3, 0.4) is 0 Å². The van der Waals surface area contributed by atoms with E-state index in [1.165, 1.54) is 38.5 Å². The first-order chi connectivity index (χ1) is 10.2. The van der Waals surface area contributed by atoms with Crippen molar-refractivity contribution in [3.8, 4) is 0 Å². The highest BCUT2D eigenvalue weighted by Gasteiger charge is 2.25. The SMILES string of the molecule is Cc1oc(C2CCCCC2)nc1C(=O)NC1CCCCC1. The highest BCUT2D eigenvalue weighted by atomic mass is 16.4. The number of carbonyl (C=O) groups excluding carboxylic acids is 1. The lowest BCUT2D eigenvalue weighted by Crippen LogP contribution is -2.36. The fraction of sp³-hybridized carbons (Fsp3) is 0.765. The first-order valence-corrected chi connectivity index (χ1v) is 8.52. The Kier molecular flexibility index (Phi) is 4.61. The van der Waals surface area contributed by atoms with E-state index in [0.29, 0.717) is 23.4 Å². The van der Waals surface area contributed by atoms with E-state index in [1.807, 2.05) is 6.92 Å². The van der Waals surface area contributed by atoms with Crippen LogP contribution in [0.5, 0.6) is 0 Å². The van der Waals surface area contributed by atoms with Crippen LogP contribution >= 0.6 is 0 Å². The summed E-state index contributed by atoms with van der Waals surface area (Å²) in [6.07, 6.45) is 12.0. The summed E-state index contributed by atoms with van der Waals surface area (Å²) in [4.78, 5) is 16.9. The molecule has 0 aliphatic heterocycles. The largest absolute Gasteiger partial charge is 0.445 e. The van der Waals surface area contributed by atoms with Gasteiger partial charge in [0.25, 0.3) is 5.91 Å². The van der Waals surface area contributed by atoms with E-state index in [1.54, 1.807) is 0 Å². The third-order valence-corrected chi connectivity index (χ3v) is 4.92. The van der Waals surface area contributed by atoms with Crippen molar-refractivity contribution in [3.05, 3.63) is 17.3 Å². The Morgan fingerprint density at radius 3 is 2.33 bits per heavy atom. The summed E-state index contributed by atoms with van der Waals surface area (Å²) >= 11 is 0. The normalized spacial score (nSPS) is 21.4. The first-order valence-electron chi connectivity index (χ1n) is 8.52. The number of nitrogens with zero attached hydrogens (tertiary/aromatic N) is 1. The number of oxazole rings is 1. The highest BCUT2D eigenvalue weighted by Crippen LogP contribution is 2.33. The molecule has 0 saturated heterocycles. The molecule has 1 amide bonds.